The van der Waals surface area contributed by atoms with E-state index < -0.39 is 0 Å². The summed E-state index contributed by atoms with van der Waals surface area (Å²) in [5, 5.41) is 2.32. The third-order valence-electron chi connectivity index (χ3n) is 4.15. The quantitative estimate of drug-likeness (QED) is 0.452. The molecular weight excluding hydrogens is 340 g/mol. The van der Waals surface area contributed by atoms with E-state index in [-0.39, 0.29) is 11.9 Å². The van der Waals surface area contributed by atoms with E-state index in [1.165, 1.54) is 5.39 Å². The number of ether oxygens (including phenoxy) is 1. The van der Waals surface area contributed by atoms with Gasteiger partial charge in [0.05, 0.1) is 6.42 Å². The zero-order valence-corrected chi connectivity index (χ0v) is 13.3. The first-order valence-electron chi connectivity index (χ1n) is 7.20. The van der Waals surface area contributed by atoms with E-state index in [1.54, 1.807) is 0 Å². The molecule has 3 aromatic carbocycles. The van der Waals surface area contributed by atoms with Crippen molar-refractivity contribution in [3.8, 4) is 5.75 Å². The molecule has 0 bridgehead atoms. The molecule has 1 atom stereocenters. The molecule has 0 unspecified atom stereocenters. The van der Waals surface area contributed by atoms with Crippen molar-refractivity contribution in [2.45, 2.75) is 12.3 Å². The molecule has 22 heavy (non-hydrogen) atoms. The number of hydrogen-bond donors (Lipinski definition) is 0. The standard InChI is InChI=1S/C19H13BrO2/c20-14-8-5-13(6-9-14)16-11-18(21)22-17-10-7-12-3-1-2-4-15(12)19(16)17/h1-10,16H,11H2/t16-/m1/s1. The molecule has 0 radical (unpaired) electrons. The van der Waals surface area contributed by atoms with Crippen LogP contribution in [0.5, 0.6) is 5.75 Å². The molecule has 0 fully saturated rings. The zero-order valence-electron chi connectivity index (χ0n) is 11.8. The molecule has 0 saturated heterocycles. The van der Waals surface area contributed by atoms with Crippen LogP contribution in [0, 0.1) is 0 Å². The number of esters is 1. The lowest BCUT2D eigenvalue weighted by atomic mass is 9.83. The van der Waals surface area contributed by atoms with Crippen LogP contribution in [0.3, 0.4) is 0 Å². The maximum absolute atomic E-state index is 12.0. The second-order valence-corrected chi connectivity index (χ2v) is 6.40. The summed E-state index contributed by atoms with van der Waals surface area (Å²) in [5.74, 6) is 0.550. The van der Waals surface area contributed by atoms with Gasteiger partial charge < -0.3 is 4.74 Å². The number of carbonyl (C=O) groups is 1. The highest BCUT2D eigenvalue weighted by atomic mass is 79.9. The molecule has 1 heterocycles. The third kappa shape index (κ3) is 2.22. The molecule has 108 valence electrons. The third-order valence-corrected chi connectivity index (χ3v) is 4.67. The topological polar surface area (TPSA) is 26.3 Å². The van der Waals surface area contributed by atoms with E-state index in [0.29, 0.717) is 12.2 Å². The van der Waals surface area contributed by atoms with Gasteiger partial charge in [-0.2, -0.15) is 0 Å². The van der Waals surface area contributed by atoms with Gasteiger partial charge in [0, 0.05) is 16.0 Å². The molecule has 4 rings (SSSR count). The van der Waals surface area contributed by atoms with Crippen LogP contribution in [0.4, 0.5) is 0 Å². The van der Waals surface area contributed by atoms with Crippen LogP contribution in [-0.4, -0.2) is 5.97 Å². The molecule has 2 nitrogen and oxygen atoms in total. The van der Waals surface area contributed by atoms with E-state index in [0.717, 1.165) is 21.0 Å². The van der Waals surface area contributed by atoms with Gasteiger partial charge >= 0.3 is 5.97 Å². The van der Waals surface area contributed by atoms with Crippen LogP contribution < -0.4 is 4.74 Å². The molecule has 0 aliphatic carbocycles. The van der Waals surface area contributed by atoms with Gasteiger partial charge in [0.25, 0.3) is 0 Å². The lowest BCUT2D eigenvalue weighted by Crippen LogP contribution is -2.21. The van der Waals surface area contributed by atoms with Crippen LogP contribution in [0.2, 0.25) is 0 Å². The monoisotopic (exact) mass is 352 g/mol. The normalized spacial score (nSPS) is 17.1. The number of carbonyl (C=O) groups excluding carboxylic acids is 1. The molecular formula is C19H13BrO2. The van der Waals surface area contributed by atoms with E-state index in [1.807, 2.05) is 36.4 Å². The second kappa shape index (κ2) is 5.25. The highest BCUT2D eigenvalue weighted by Crippen LogP contribution is 2.42. The summed E-state index contributed by atoms with van der Waals surface area (Å²) in [7, 11) is 0. The minimum absolute atomic E-state index is 0.0375. The van der Waals surface area contributed by atoms with Crippen molar-refractivity contribution in [1.82, 2.24) is 0 Å². The first-order chi connectivity index (χ1) is 10.7. The van der Waals surface area contributed by atoms with Crippen LogP contribution >= 0.6 is 15.9 Å². The fourth-order valence-electron chi connectivity index (χ4n) is 3.14. The maximum atomic E-state index is 12.0. The largest absolute Gasteiger partial charge is 0.426 e. The Balaban J connectivity index is 1.97. The van der Waals surface area contributed by atoms with Crippen LogP contribution in [0.15, 0.2) is 65.1 Å². The smallest absolute Gasteiger partial charge is 0.312 e. The Hall–Kier alpha value is -2.13. The number of halogens is 1. The summed E-state index contributed by atoms with van der Waals surface area (Å²) < 4.78 is 6.50. The highest BCUT2D eigenvalue weighted by Gasteiger charge is 2.29. The van der Waals surface area contributed by atoms with Gasteiger partial charge in [-0.15, -0.1) is 0 Å². The fraction of sp³-hybridized carbons (Fsp3) is 0.105. The second-order valence-electron chi connectivity index (χ2n) is 5.48. The predicted molar refractivity (Wildman–Crippen MR) is 90.2 cm³/mol. The minimum Gasteiger partial charge on any atom is -0.426 e. The van der Waals surface area contributed by atoms with Crippen molar-refractivity contribution in [3.63, 3.8) is 0 Å². The first kappa shape index (κ1) is 13.5. The Kier molecular flexibility index (Phi) is 3.23. The molecule has 0 aromatic heterocycles. The molecule has 3 heteroatoms. The predicted octanol–water partition coefficient (Wildman–Crippen LogP) is 5.04. The molecule has 0 spiro atoms. The molecule has 0 amide bonds. The van der Waals surface area contributed by atoms with Gasteiger partial charge in [-0.3, -0.25) is 4.79 Å². The number of hydrogen-bond acceptors (Lipinski definition) is 2. The average Bonchev–Trinajstić information content (AvgIpc) is 2.54. The fourth-order valence-corrected chi connectivity index (χ4v) is 3.40. The van der Waals surface area contributed by atoms with Gasteiger partial charge in [-0.25, -0.2) is 0 Å². The summed E-state index contributed by atoms with van der Waals surface area (Å²) in [6.07, 6.45) is 0.378. The minimum atomic E-state index is -0.171. The first-order valence-corrected chi connectivity index (χ1v) is 7.99. The van der Waals surface area contributed by atoms with E-state index in [2.05, 4.69) is 40.2 Å². The summed E-state index contributed by atoms with van der Waals surface area (Å²) in [6, 6.07) is 20.3. The molecule has 1 aliphatic rings. The lowest BCUT2D eigenvalue weighted by molar-refractivity contribution is -0.135. The highest BCUT2D eigenvalue weighted by molar-refractivity contribution is 9.10. The van der Waals surface area contributed by atoms with E-state index in [4.69, 9.17) is 4.74 Å². The van der Waals surface area contributed by atoms with Crippen molar-refractivity contribution >= 4 is 32.7 Å². The van der Waals surface area contributed by atoms with Crippen LogP contribution in [0.25, 0.3) is 10.8 Å². The number of benzene rings is 3. The Labute approximate surface area is 136 Å². The Morgan fingerprint density at radius 1 is 0.955 bits per heavy atom. The SMILES string of the molecule is O=C1C[C@H](c2ccc(Br)cc2)c2c(ccc3ccccc23)O1. The van der Waals surface area contributed by atoms with Crippen molar-refractivity contribution in [3.05, 3.63) is 76.3 Å². The number of rotatable bonds is 1. The van der Waals surface area contributed by atoms with E-state index >= 15 is 0 Å². The van der Waals surface area contributed by atoms with Gasteiger partial charge in [-0.1, -0.05) is 58.4 Å². The van der Waals surface area contributed by atoms with Crippen molar-refractivity contribution < 1.29 is 9.53 Å². The number of fused-ring (bicyclic) bond motifs is 3. The van der Waals surface area contributed by atoms with Crippen LogP contribution in [0.1, 0.15) is 23.5 Å². The average molecular weight is 353 g/mol. The molecule has 0 N–H and O–H groups in total. The maximum Gasteiger partial charge on any atom is 0.312 e. The zero-order chi connectivity index (χ0) is 15.1. The van der Waals surface area contributed by atoms with Crippen molar-refractivity contribution in [1.29, 1.82) is 0 Å². The molecule has 3 aromatic rings. The van der Waals surface area contributed by atoms with E-state index in [9.17, 15) is 4.79 Å². The summed E-state index contributed by atoms with van der Waals surface area (Å²) >= 11 is 3.46. The molecule has 1 aliphatic heterocycles. The Morgan fingerprint density at radius 2 is 1.73 bits per heavy atom. The van der Waals surface area contributed by atoms with Gasteiger partial charge in [0.15, 0.2) is 0 Å². The Morgan fingerprint density at radius 3 is 2.55 bits per heavy atom. The summed E-state index contributed by atoms with van der Waals surface area (Å²) in [5.41, 5.74) is 2.25. The van der Waals surface area contributed by atoms with Crippen LogP contribution in [-0.2, 0) is 4.79 Å². The lowest BCUT2D eigenvalue weighted by Gasteiger charge is -2.26. The van der Waals surface area contributed by atoms with Gasteiger partial charge in [-0.05, 0) is 34.5 Å². The van der Waals surface area contributed by atoms with Gasteiger partial charge in [0.2, 0.25) is 0 Å². The van der Waals surface area contributed by atoms with Crippen molar-refractivity contribution in [2.75, 3.05) is 0 Å². The molecule has 0 saturated carbocycles. The Bertz CT molecular complexity index is 868. The van der Waals surface area contributed by atoms with Crippen molar-refractivity contribution in [2.24, 2.45) is 0 Å². The summed E-state index contributed by atoms with van der Waals surface area (Å²) in [4.78, 5) is 12.0. The summed E-state index contributed by atoms with van der Waals surface area (Å²) in [6.45, 7) is 0. The van der Waals surface area contributed by atoms with Gasteiger partial charge in [0.1, 0.15) is 5.75 Å².